The molecule has 0 bridgehead atoms. The van der Waals surface area contributed by atoms with Crippen molar-refractivity contribution in [2.45, 2.75) is 25.2 Å². The van der Waals surface area contributed by atoms with Gasteiger partial charge in [0.1, 0.15) is 18.0 Å². The molecule has 4 rings (SSSR count). The Bertz CT molecular complexity index is 930. The highest BCUT2D eigenvalue weighted by Crippen LogP contribution is 2.30. The molecule has 1 aliphatic rings. The van der Waals surface area contributed by atoms with Crippen LogP contribution >= 0.6 is 0 Å². The normalized spacial score (nSPS) is 20.7. The number of piperidine rings is 1. The van der Waals surface area contributed by atoms with Crippen LogP contribution < -0.4 is 9.47 Å². The van der Waals surface area contributed by atoms with E-state index in [0.29, 0.717) is 24.5 Å². The fourth-order valence-electron chi connectivity index (χ4n) is 3.50. The number of methoxy groups -OCH3 is 1. The minimum Gasteiger partial charge on any atom is -0.493 e. The summed E-state index contributed by atoms with van der Waals surface area (Å²) in [6, 6.07) is 10.3. The number of H-pyrrole nitrogens is 1. The first kappa shape index (κ1) is 17.8. The number of halogens is 1. The summed E-state index contributed by atoms with van der Waals surface area (Å²) in [5.74, 6) is 0.391. The first-order valence-electron chi connectivity index (χ1n) is 8.95. The number of aromatic nitrogens is 2. The van der Waals surface area contributed by atoms with Gasteiger partial charge in [-0.1, -0.05) is 12.1 Å². The summed E-state index contributed by atoms with van der Waals surface area (Å²) in [6.07, 6.45) is 1.49. The minimum atomic E-state index is -0.635. The van der Waals surface area contributed by atoms with Gasteiger partial charge in [0, 0.05) is 31.1 Å². The number of β-amino-alcohol motifs (C(OH)–C–C–N with tert-alkyl or cyclic N) is 1. The second-order valence-electron chi connectivity index (χ2n) is 6.83. The van der Waals surface area contributed by atoms with E-state index in [1.807, 2.05) is 6.07 Å². The van der Waals surface area contributed by atoms with E-state index in [4.69, 9.17) is 9.47 Å². The molecule has 0 radical (unpaired) electrons. The van der Waals surface area contributed by atoms with E-state index < -0.39 is 6.10 Å². The fourth-order valence-corrected chi connectivity index (χ4v) is 3.50. The molecule has 7 heteroatoms. The van der Waals surface area contributed by atoms with Gasteiger partial charge in [0.25, 0.3) is 0 Å². The number of likely N-dealkylation sites (tertiary alicyclic amines) is 1. The van der Waals surface area contributed by atoms with Crippen LogP contribution in [0.15, 0.2) is 42.6 Å². The van der Waals surface area contributed by atoms with E-state index >= 15 is 0 Å². The Kier molecular flexibility index (Phi) is 4.96. The largest absolute Gasteiger partial charge is 0.493 e. The van der Waals surface area contributed by atoms with E-state index in [9.17, 15) is 9.50 Å². The van der Waals surface area contributed by atoms with Gasteiger partial charge in [-0.25, -0.2) is 4.39 Å². The van der Waals surface area contributed by atoms with Crippen molar-refractivity contribution in [2.24, 2.45) is 0 Å². The van der Waals surface area contributed by atoms with Gasteiger partial charge in [0.05, 0.1) is 18.8 Å². The van der Waals surface area contributed by atoms with Crippen LogP contribution in [0.1, 0.15) is 12.0 Å². The molecular weight excluding hydrogens is 349 g/mol. The molecule has 1 fully saturated rings. The molecule has 2 N–H and O–H groups in total. The van der Waals surface area contributed by atoms with Gasteiger partial charge in [-0.2, -0.15) is 5.10 Å². The van der Waals surface area contributed by atoms with E-state index in [0.717, 1.165) is 24.0 Å². The summed E-state index contributed by atoms with van der Waals surface area (Å²) in [7, 11) is 1.47. The quantitative estimate of drug-likeness (QED) is 0.722. The summed E-state index contributed by atoms with van der Waals surface area (Å²) in [4.78, 5) is 2.20. The molecule has 0 spiro atoms. The van der Waals surface area contributed by atoms with Crippen molar-refractivity contribution in [3.05, 3.63) is 54.0 Å². The Morgan fingerprint density at radius 3 is 2.96 bits per heavy atom. The molecular formula is C20H22FN3O3. The van der Waals surface area contributed by atoms with Crippen LogP contribution in [-0.4, -0.2) is 52.6 Å². The van der Waals surface area contributed by atoms with Gasteiger partial charge in [-0.05, 0) is 30.2 Å². The number of aliphatic hydroxyl groups excluding tert-OH is 1. The van der Waals surface area contributed by atoms with Crippen molar-refractivity contribution in [1.29, 1.82) is 0 Å². The van der Waals surface area contributed by atoms with Crippen LogP contribution in [-0.2, 0) is 6.54 Å². The number of aliphatic hydroxyl groups is 1. The number of aromatic amines is 1. The molecule has 2 heterocycles. The standard InChI is InChI=1S/C20H22FN3O3/c1-26-20-9-15(21)4-5-19(20)27-18-6-7-24(12-17(18)25)11-13-2-3-14-10-22-23-16(14)8-13/h2-5,8-10,17-18,25H,6-7,11-12H2,1H3,(H,22,23)/t17-,18-/m1/s1. The third-order valence-corrected chi connectivity index (χ3v) is 4.92. The smallest absolute Gasteiger partial charge is 0.163 e. The van der Waals surface area contributed by atoms with Crippen molar-refractivity contribution in [1.82, 2.24) is 15.1 Å². The molecule has 1 aromatic heterocycles. The maximum atomic E-state index is 13.3. The predicted molar refractivity (Wildman–Crippen MR) is 99.4 cm³/mol. The van der Waals surface area contributed by atoms with Crippen LogP contribution in [0.3, 0.4) is 0 Å². The molecule has 0 amide bonds. The monoisotopic (exact) mass is 371 g/mol. The van der Waals surface area contributed by atoms with Crippen molar-refractivity contribution >= 4 is 10.9 Å². The molecule has 2 aromatic carbocycles. The van der Waals surface area contributed by atoms with Gasteiger partial charge in [0.2, 0.25) is 0 Å². The lowest BCUT2D eigenvalue weighted by Gasteiger charge is -2.36. The van der Waals surface area contributed by atoms with Crippen LogP contribution in [0, 0.1) is 5.82 Å². The van der Waals surface area contributed by atoms with Gasteiger partial charge < -0.3 is 14.6 Å². The fraction of sp³-hybridized carbons (Fsp3) is 0.350. The third kappa shape index (κ3) is 3.89. The van der Waals surface area contributed by atoms with Crippen LogP contribution in [0.2, 0.25) is 0 Å². The zero-order chi connectivity index (χ0) is 18.8. The molecule has 2 atom stereocenters. The molecule has 1 aliphatic heterocycles. The second kappa shape index (κ2) is 7.54. The molecule has 27 heavy (non-hydrogen) atoms. The Morgan fingerprint density at radius 1 is 1.26 bits per heavy atom. The highest BCUT2D eigenvalue weighted by Gasteiger charge is 2.30. The molecule has 3 aromatic rings. The summed E-state index contributed by atoms with van der Waals surface area (Å²) in [6.45, 7) is 2.06. The third-order valence-electron chi connectivity index (χ3n) is 4.92. The molecule has 0 unspecified atom stereocenters. The van der Waals surface area contributed by atoms with Crippen molar-refractivity contribution in [2.75, 3.05) is 20.2 Å². The lowest BCUT2D eigenvalue weighted by atomic mass is 10.0. The summed E-state index contributed by atoms with van der Waals surface area (Å²) >= 11 is 0. The number of nitrogens with zero attached hydrogens (tertiary/aromatic N) is 2. The number of benzene rings is 2. The Hall–Kier alpha value is -2.64. The maximum Gasteiger partial charge on any atom is 0.163 e. The number of fused-ring (bicyclic) bond motifs is 1. The number of ether oxygens (including phenoxy) is 2. The van der Waals surface area contributed by atoms with Crippen LogP contribution in [0.5, 0.6) is 11.5 Å². The molecule has 0 aliphatic carbocycles. The summed E-state index contributed by atoms with van der Waals surface area (Å²) in [5.41, 5.74) is 2.17. The van der Waals surface area contributed by atoms with Crippen LogP contribution in [0.25, 0.3) is 10.9 Å². The summed E-state index contributed by atoms with van der Waals surface area (Å²) < 4.78 is 24.4. The van der Waals surface area contributed by atoms with Gasteiger partial charge in [0.15, 0.2) is 11.5 Å². The number of nitrogens with one attached hydrogen (secondary N) is 1. The zero-order valence-corrected chi connectivity index (χ0v) is 15.1. The average molecular weight is 371 g/mol. The summed E-state index contributed by atoms with van der Waals surface area (Å²) in [5, 5.41) is 18.6. The molecule has 142 valence electrons. The highest BCUT2D eigenvalue weighted by molar-refractivity contribution is 5.78. The molecule has 6 nitrogen and oxygen atoms in total. The van der Waals surface area contributed by atoms with Gasteiger partial charge in [-0.15, -0.1) is 0 Å². The number of hydrogen-bond donors (Lipinski definition) is 2. The van der Waals surface area contributed by atoms with Gasteiger partial charge >= 0.3 is 0 Å². The van der Waals surface area contributed by atoms with E-state index in [1.54, 1.807) is 6.20 Å². The minimum absolute atomic E-state index is 0.331. The second-order valence-corrected chi connectivity index (χ2v) is 6.83. The van der Waals surface area contributed by atoms with Crippen LogP contribution in [0.4, 0.5) is 4.39 Å². The Morgan fingerprint density at radius 2 is 2.15 bits per heavy atom. The average Bonchev–Trinajstić information content (AvgIpc) is 3.13. The van der Waals surface area contributed by atoms with Crippen molar-refractivity contribution in [3.8, 4) is 11.5 Å². The SMILES string of the molecule is COc1cc(F)ccc1O[C@@H]1CCN(Cc2ccc3cn[nH]c3c2)C[C@H]1O. The van der Waals surface area contributed by atoms with E-state index in [1.165, 1.54) is 30.9 Å². The highest BCUT2D eigenvalue weighted by atomic mass is 19.1. The van der Waals surface area contributed by atoms with Gasteiger partial charge in [-0.3, -0.25) is 10.00 Å². The first-order valence-corrected chi connectivity index (χ1v) is 8.95. The number of rotatable bonds is 5. The Balaban J connectivity index is 1.39. The number of hydrogen-bond acceptors (Lipinski definition) is 5. The lowest BCUT2D eigenvalue weighted by molar-refractivity contribution is -0.0283. The topological polar surface area (TPSA) is 70.6 Å². The van der Waals surface area contributed by atoms with E-state index in [2.05, 4.69) is 27.2 Å². The Labute approximate surface area is 156 Å². The maximum absolute atomic E-state index is 13.3. The molecule has 0 saturated carbocycles. The molecule has 1 saturated heterocycles. The zero-order valence-electron chi connectivity index (χ0n) is 15.1. The van der Waals surface area contributed by atoms with E-state index in [-0.39, 0.29) is 11.9 Å². The van der Waals surface area contributed by atoms with Crippen molar-refractivity contribution in [3.63, 3.8) is 0 Å². The lowest BCUT2D eigenvalue weighted by Crippen LogP contribution is -2.48. The first-order chi connectivity index (χ1) is 13.1. The predicted octanol–water partition coefficient (Wildman–Crippen LogP) is 2.72. The van der Waals surface area contributed by atoms with Crippen molar-refractivity contribution < 1.29 is 19.0 Å².